The molecule has 102 valence electrons. The molecule has 0 fully saturated rings. The van der Waals surface area contributed by atoms with Crippen LogP contribution in [0.25, 0.3) is 0 Å². The van der Waals surface area contributed by atoms with Crippen LogP contribution in [-0.4, -0.2) is 18.7 Å². The van der Waals surface area contributed by atoms with Gasteiger partial charge in [-0.15, -0.1) is 0 Å². The minimum Gasteiger partial charge on any atom is -0.346 e. The van der Waals surface area contributed by atoms with Crippen molar-refractivity contribution >= 4 is 12.2 Å². The van der Waals surface area contributed by atoms with Crippen LogP contribution < -0.4 is 5.32 Å². The third kappa shape index (κ3) is 12.7. The molecule has 0 aliphatic carbocycles. The van der Waals surface area contributed by atoms with Crippen molar-refractivity contribution in [1.29, 1.82) is 0 Å². The first-order chi connectivity index (χ1) is 8.81. The maximum Gasteiger partial charge on any atom is 0.244 e. The van der Waals surface area contributed by atoms with Gasteiger partial charge in [-0.05, 0) is 12.8 Å². The molecule has 3 heteroatoms. The molecule has 1 N–H and O–H groups in total. The monoisotopic (exact) mass is 251 g/mol. The third-order valence-electron chi connectivity index (χ3n) is 2.58. The molecule has 0 spiro atoms. The first-order valence-electron chi connectivity index (χ1n) is 6.86. The van der Waals surface area contributed by atoms with Crippen molar-refractivity contribution in [2.24, 2.45) is 0 Å². The number of aldehydes is 1. The molecule has 3 nitrogen and oxygen atoms in total. The van der Waals surface area contributed by atoms with Crippen LogP contribution in [0.4, 0.5) is 0 Å². The number of amides is 1. The van der Waals surface area contributed by atoms with Crippen LogP contribution in [0.3, 0.4) is 0 Å². The number of hydrogen-bond donors (Lipinski definition) is 1. The van der Waals surface area contributed by atoms with Gasteiger partial charge in [0.2, 0.25) is 5.91 Å². The highest BCUT2D eigenvalue weighted by atomic mass is 16.2. The molecule has 0 bridgehead atoms. The Morgan fingerprint density at radius 1 is 1.06 bits per heavy atom. The molecule has 0 aliphatic heterocycles. The molecular formula is C15H25NO2. The van der Waals surface area contributed by atoms with E-state index < -0.39 is 0 Å². The van der Waals surface area contributed by atoms with E-state index >= 15 is 0 Å². The van der Waals surface area contributed by atoms with Gasteiger partial charge in [0.05, 0.1) is 6.54 Å². The second-order valence-electron chi connectivity index (χ2n) is 4.26. The van der Waals surface area contributed by atoms with E-state index in [9.17, 15) is 9.59 Å². The Morgan fingerprint density at radius 2 is 1.78 bits per heavy atom. The number of rotatable bonds is 11. The molecule has 0 aromatic carbocycles. The van der Waals surface area contributed by atoms with Gasteiger partial charge in [0, 0.05) is 6.08 Å². The fourth-order valence-electron chi connectivity index (χ4n) is 1.56. The molecule has 18 heavy (non-hydrogen) atoms. The van der Waals surface area contributed by atoms with E-state index in [4.69, 9.17) is 0 Å². The van der Waals surface area contributed by atoms with Crippen molar-refractivity contribution in [3.05, 3.63) is 24.3 Å². The lowest BCUT2D eigenvalue weighted by molar-refractivity contribution is -0.118. The van der Waals surface area contributed by atoms with Gasteiger partial charge in [-0.1, -0.05) is 57.3 Å². The molecule has 1 amide bonds. The fourth-order valence-corrected chi connectivity index (χ4v) is 1.56. The largest absolute Gasteiger partial charge is 0.346 e. The Kier molecular flexibility index (Phi) is 12.6. The first-order valence-corrected chi connectivity index (χ1v) is 6.86. The fraction of sp³-hybridized carbons (Fsp3) is 0.600. The van der Waals surface area contributed by atoms with Crippen LogP contribution in [0.1, 0.15) is 51.9 Å². The van der Waals surface area contributed by atoms with E-state index in [1.54, 1.807) is 6.08 Å². The highest BCUT2D eigenvalue weighted by Gasteiger charge is 1.90. The zero-order valence-electron chi connectivity index (χ0n) is 11.4. The zero-order valence-corrected chi connectivity index (χ0v) is 11.4. The number of hydrogen-bond acceptors (Lipinski definition) is 2. The second kappa shape index (κ2) is 13.7. The van der Waals surface area contributed by atoms with E-state index in [2.05, 4.69) is 18.3 Å². The number of nitrogens with one attached hydrogen (secondary N) is 1. The summed E-state index contributed by atoms with van der Waals surface area (Å²) in [6, 6.07) is 0. The number of carbonyl (C=O) groups excluding carboxylic acids is 2. The normalized spacial score (nSPS) is 11.2. The lowest BCUT2D eigenvalue weighted by atomic mass is 10.1. The van der Waals surface area contributed by atoms with Crippen LogP contribution in [0.5, 0.6) is 0 Å². The molecule has 0 rings (SSSR count). The lowest BCUT2D eigenvalue weighted by Gasteiger charge is -1.97. The van der Waals surface area contributed by atoms with Gasteiger partial charge in [0.1, 0.15) is 6.29 Å². The van der Waals surface area contributed by atoms with E-state index in [1.165, 1.54) is 44.6 Å². The van der Waals surface area contributed by atoms with Crippen LogP contribution in [0.15, 0.2) is 24.3 Å². The SMILES string of the molecule is CCCCCCCCC=C/C=C/C(=O)NCC=O. The Hall–Kier alpha value is -1.38. The van der Waals surface area contributed by atoms with E-state index in [0.29, 0.717) is 6.29 Å². The topological polar surface area (TPSA) is 46.2 Å². The number of unbranched alkanes of at least 4 members (excludes halogenated alkanes) is 6. The molecule has 0 radical (unpaired) electrons. The summed E-state index contributed by atoms with van der Waals surface area (Å²) < 4.78 is 0. The Labute approximate surface area is 110 Å². The molecule has 0 saturated heterocycles. The molecule has 0 saturated carbocycles. The molecule has 0 heterocycles. The zero-order chi connectivity index (χ0) is 13.5. The predicted molar refractivity (Wildman–Crippen MR) is 75.3 cm³/mol. The van der Waals surface area contributed by atoms with Crippen LogP contribution in [-0.2, 0) is 9.59 Å². The Balaban J connectivity index is 3.39. The quantitative estimate of drug-likeness (QED) is 0.265. The smallest absolute Gasteiger partial charge is 0.244 e. The van der Waals surface area contributed by atoms with Gasteiger partial charge < -0.3 is 10.1 Å². The highest BCUT2D eigenvalue weighted by Crippen LogP contribution is 2.06. The minimum absolute atomic E-state index is 0.0741. The van der Waals surface area contributed by atoms with E-state index in [0.717, 1.165) is 6.42 Å². The number of allylic oxidation sites excluding steroid dienone is 3. The molecule has 0 aromatic rings. The van der Waals surface area contributed by atoms with Crippen LogP contribution in [0, 0.1) is 0 Å². The summed E-state index contributed by atoms with van der Waals surface area (Å²) in [6.07, 6.45) is 16.6. The Morgan fingerprint density at radius 3 is 2.50 bits per heavy atom. The summed E-state index contributed by atoms with van der Waals surface area (Å²) in [5.41, 5.74) is 0. The lowest BCUT2D eigenvalue weighted by Crippen LogP contribution is -2.22. The van der Waals surface area contributed by atoms with Crippen molar-refractivity contribution in [3.63, 3.8) is 0 Å². The molecule has 0 aromatic heterocycles. The summed E-state index contributed by atoms with van der Waals surface area (Å²) >= 11 is 0. The molecule has 0 aliphatic rings. The van der Waals surface area contributed by atoms with Gasteiger partial charge in [-0.25, -0.2) is 0 Å². The average Bonchev–Trinajstić information content (AvgIpc) is 2.38. The van der Waals surface area contributed by atoms with Crippen LogP contribution >= 0.6 is 0 Å². The van der Waals surface area contributed by atoms with Crippen molar-refractivity contribution in [1.82, 2.24) is 5.32 Å². The van der Waals surface area contributed by atoms with Crippen molar-refractivity contribution in [2.45, 2.75) is 51.9 Å². The summed E-state index contributed by atoms with van der Waals surface area (Å²) in [4.78, 5) is 21.0. The van der Waals surface area contributed by atoms with Gasteiger partial charge in [-0.3, -0.25) is 4.79 Å². The maximum atomic E-state index is 11.0. The maximum absolute atomic E-state index is 11.0. The first kappa shape index (κ1) is 16.6. The van der Waals surface area contributed by atoms with E-state index in [-0.39, 0.29) is 12.5 Å². The minimum atomic E-state index is -0.230. The Bertz CT molecular complexity index is 270. The van der Waals surface area contributed by atoms with E-state index in [1.807, 2.05) is 6.08 Å². The summed E-state index contributed by atoms with van der Waals surface area (Å²) in [6.45, 7) is 2.30. The van der Waals surface area contributed by atoms with Crippen LogP contribution in [0.2, 0.25) is 0 Å². The highest BCUT2D eigenvalue weighted by molar-refractivity contribution is 5.88. The predicted octanol–water partition coefficient (Wildman–Crippen LogP) is 3.16. The van der Waals surface area contributed by atoms with Crippen molar-refractivity contribution in [2.75, 3.05) is 6.54 Å². The third-order valence-corrected chi connectivity index (χ3v) is 2.58. The second-order valence-corrected chi connectivity index (χ2v) is 4.26. The molecular weight excluding hydrogens is 226 g/mol. The van der Waals surface area contributed by atoms with Gasteiger partial charge in [0.15, 0.2) is 0 Å². The van der Waals surface area contributed by atoms with Gasteiger partial charge in [0.25, 0.3) is 0 Å². The van der Waals surface area contributed by atoms with Crippen molar-refractivity contribution < 1.29 is 9.59 Å². The number of carbonyl (C=O) groups is 2. The summed E-state index contributed by atoms with van der Waals surface area (Å²) in [5.74, 6) is -0.230. The summed E-state index contributed by atoms with van der Waals surface area (Å²) in [7, 11) is 0. The average molecular weight is 251 g/mol. The molecule has 0 unspecified atom stereocenters. The van der Waals surface area contributed by atoms with Gasteiger partial charge in [-0.2, -0.15) is 0 Å². The summed E-state index contributed by atoms with van der Waals surface area (Å²) in [5, 5.41) is 2.44. The van der Waals surface area contributed by atoms with Gasteiger partial charge >= 0.3 is 0 Å². The molecule has 0 atom stereocenters. The van der Waals surface area contributed by atoms with Crippen molar-refractivity contribution in [3.8, 4) is 0 Å². The standard InChI is InChI=1S/C15H25NO2/c1-2-3-4-5-6-7-8-9-10-11-12-15(18)16-13-14-17/h9-12,14H,2-8,13H2,1H3,(H,16,18)/b10-9?,12-11+.